The fraction of sp³-hybridized carbons (Fsp3) is 1.00. The summed E-state index contributed by atoms with van der Waals surface area (Å²) in [4.78, 5) is 0. The molecule has 0 spiro atoms. The van der Waals surface area contributed by atoms with Crippen LogP contribution in [-0.2, 0) is 4.74 Å². The molecular weight excluding hydrogens is 226 g/mol. The molecule has 1 atom stereocenters. The number of morpholine rings is 1. The van der Waals surface area contributed by atoms with Gasteiger partial charge in [0.15, 0.2) is 0 Å². The van der Waals surface area contributed by atoms with E-state index in [2.05, 4.69) is 10.4 Å². The van der Waals surface area contributed by atoms with Crippen molar-refractivity contribution < 1.29 is 4.74 Å². The molecule has 2 fully saturated rings. The lowest BCUT2D eigenvalue weighted by atomic mass is 9.86. The first-order valence-corrected chi connectivity index (χ1v) is 7.69. The van der Waals surface area contributed by atoms with E-state index >= 15 is 0 Å². The van der Waals surface area contributed by atoms with Gasteiger partial charge in [-0.2, -0.15) is 0 Å². The fourth-order valence-corrected chi connectivity index (χ4v) is 3.17. The second-order valence-electron chi connectivity index (χ2n) is 5.68. The van der Waals surface area contributed by atoms with Crippen molar-refractivity contribution in [3.05, 3.63) is 0 Å². The zero-order valence-electron chi connectivity index (χ0n) is 11.6. The van der Waals surface area contributed by atoms with Crippen molar-refractivity contribution in [2.75, 3.05) is 32.8 Å². The van der Waals surface area contributed by atoms with Gasteiger partial charge in [-0.15, -0.1) is 0 Å². The Labute approximate surface area is 111 Å². The van der Waals surface area contributed by atoms with Gasteiger partial charge in [0.05, 0.1) is 13.2 Å². The molecule has 1 aliphatic carbocycles. The molecule has 18 heavy (non-hydrogen) atoms. The van der Waals surface area contributed by atoms with Crippen LogP contribution in [0.15, 0.2) is 0 Å². The quantitative estimate of drug-likeness (QED) is 0.799. The molecular formula is C14H29N3O. The molecule has 1 saturated heterocycles. The van der Waals surface area contributed by atoms with E-state index in [0.29, 0.717) is 6.04 Å². The average molecular weight is 255 g/mol. The molecule has 106 valence electrons. The molecule has 0 aromatic rings. The van der Waals surface area contributed by atoms with Crippen molar-refractivity contribution in [1.29, 1.82) is 0 Å². The Hall–Kier alpha value is -0.160. The first kappa shape index (κ1) is 14.3. The fourth-order valence-electron chi connectivity index (χ4n) is 3.17. The van der Waals surface area contributed by atoms with Crippen LogP contribution in [0.2, 0.25) is 0 Å². The smallest absolute Gasteiger partial charge is 0.0608 e. The second-order valence-corrected chi connectivity index (χ2v) is 5.68. The van der Waals surface area contributed by atoms with Gasteiger partial charge in [0, 0.05) is 25.7 Å². The summed E-state index contributed by atoms with van der Waals surface area (Å²) in [6.07, 6.45) is 9.70. The third kappa shape index (κ3) is 4.50. The van der Waals surface area contributed by atoms with Crippen molar-refractivity contribution in [3.8, 4) is 0 Å². The Balaban J connectivity index is 1.81. The maximum atomic E-state index is 5.99. The predicted molar refractivity (Wildman–Crippen MR) is 74.2 cm³/mol. The van der Waals surface area contributed by atoms with Crippen LogP contribution in [-0.4, -0.2) is 43.9 Å². The molecule has 4 nitrogen and oxygen atoms in total. The summed E-state index contributed by atoms with van der Waals surface area (Å²) >= 11 is 0. The van der Waals surface area contributed by atoms with Crippen molar-refractivity contribution >= 4 is 0 Å². The number of nitrogens with one attached hydrogen (secondary N) is 1. The highest BCUT2D eigenvalue weighted by Gasteiger charge is 2.23. The molecule has 1 aliphatic heterocycles. The Kier molecular flexibility index (Phi) is 6.41. The summed E-state index contributed by atoms with van der Waals surface area (Å²) < 4.78 is 5.38. The van der Waals surface area contributed by atoms with Gasteiger partial charge in [0.1, 0.15) is 0 Å². The highest BCUT2D eigenvalue weighted by molar-refractivity contribution is 4.78. The molecule has 0 radical (unpaired) electrons. The van der Waals surface area contributed by atoms with Crippen LogP contribution in [0, 0.1) is 5.92 Å². The molecule has 0 aromatic heterocycles. The van der Waals surface area contributed by atoms with E-state index in [-0.39, 0.29) is 0 Å². The van der Waals surface area contributed by atoms with Crippen molar-refractivity contribution in [2.24, 2.45) is 11.7 Å². The molecule has 0 amide bonds. The van der Waals surface area contributed by atoms with E-state index in [4.69, 9.17) is 10.5 Å². The molecule has 0 bridgehead atoms. The first-order valence-electron chi connectivity index (χ1n) is 7.69. The molecule has 4 heteroatoms. The Morgan fingerprint density at radius 2 is 1.67 bits per heavy atom. The zero-order valence-corrected chi connectivity index (χ0v) is 11.6. The van der Waals surface area contributed by atoms with Gasteiger partial charge in [-0.05, 0) is 18.8 Å². The standard InChI is InChI=1S/C14H29N3O/c15-12-14(16-17-8-10-18-11-9-17)13-6-4-2-1-3-5-7-13/h13-14,16H,1-12,15H2. The van der Waals surface area contributed by atoms with Crippen molar-refractivity contribution in [1.82, 2.24) is 10.4 Å². The summed E-state index contributed by atoms with van der Waals surface area (Å²) in [6, 6.07) is 0.459. The highest BCUT2D eigenvalue weighted by atomic mass is 16.5. The number of hydrogen-bond acceptors (Lipinski definition) is 4. The molecule has 3 N–H and O–H groups in total. The Morgan fingerprint density at radius 1 is 1.06 bits per heavy atom. The molecule has 2 rings (SSSR count). The summed E-state index contributed by atoms with van der Waals surface area (Å²) in [5.41, 5.74) is 9.64. The average Bonchev–Trinajstić information content (AvgIpc) is 2.37. The van der Waals surface area contributed by atoms with Crippen LogP contribution < -0.4 is 11.2 Å². The van der Waals surface area contributed by atoms with Crippen molar-refractivity contribution in [3.63, 3.8) is 0 Å². The second kappa shape index (κ2) is 8.10. The van der Waals surface area contributed by atoms with E-state index in [9.17, 15) is 0 Å². The van der Waals surface area contributed by atoms with Crippen molar-refractivity contribution in [2.45, 2.75) is 51.0 Å². The summed E-state index contributed by atoms with van der Waals surface area (Å²) in [5, 5.41) is 2.31. The normalized spacial score (nSPS) is 26.5. The highest BCUT2D eigenvalue weighted by Crippen LogP contribution is 2.24. The maximum absolute atomic E-state index is 5.99. The number of ether oxygens (including phenoxy) is 1. The molecule has 1 unspecified atom stereocenters. The minimum absolute atomic E-state index is 0.459. The van der Waals surface area contributed by atoms with Crippen LogP contribution in [0.5, 0.6) is 0 Å². The predicted octanol–water partition coefficient (Wildman–Crippen LogP) is 1.51. The number of nitrogens with two attached hydrogens (primary N) is 1. The Bertz CT molecular complexity index is 211. The number of hydrogen-bond donors (Lipinski definition) is 2. The van der Waals surface area contributed by atoms with Gasteiger partial charge in [-0.1, -0.05) is 32.1 Å². The van der Waals surface area contributed by atoms with Crippen LogP contribution in [0.4, 0.5) is 0 Å². The first-order chi connectivity index (χ1) is 8.90. The minimum Gasteiger partial charge on any atom is -0.379 e. The van der Waals surface area contributed by atoms with E-state index in [0.717, 1.165) is 38.8 Å². The molecule has 1 heterocycles. The SMILES string of the molecule is NCC(NN1CCOCC1)C1CCCCCCC1. The van der Waals surface area contributed by atoms with E-state index in [1.807, 2.05) is 0 Å². The van der Waals surface area contributed by atoms with E-state index < -0.39 is 0 Å². The zero-order chi connectivity index (χ0) is 12.6. The number of nitrogens with zero attached hydrogens (tertiary/aromatic N) is 1. The lowest BCUT2D eigenvalue weighted by Crippen LogP contribution is -2.54. The summed E-state index contributed by atoms with van der Waals surface area (Å²) in [7, 11) is 0. The Morgan fingerprint density at radius 3 is 2.28 bits per heavy atom. The van der Waals surface area contributed by atoms with Gasteiger partial charge >= 0.3 is 0 Å². The van der Waals surface area contributed by atoms with Crippen LogP contribution in [0.3, 0.4) is 0 Å². The maximum Gasteiger partial charge on any atom is 0.0608 e. The largest absolute Gasteiger partial charge is 0.379 e. The molecule has 1 saturated carbocycles. The van der Waals surface area contributed by atoms with Crippen LogP contribution in [0.1, 0.15) is 44.9 Å². The van der Waals surface area contributed by atoms with Crippen LogP contribution >= 0.6 is 0 Å². The van der Waals surface area contributed by atoms with E-state index in [1.165, 1.54) is 44.9 Å². The van der Waals surface area contributed by atoms with E-state index in [1.54, 1.807) is 0 Å². The minimum atomic E-state index is 0.459. The van der Waals surface area contributed by atoms with Gasteiger partial charge in [-0.3, -0.25) is 5.43 Å². The van der Waals surface area contributed by atoms with Gasteiger partial charge in [0.25, 0.3) is 0 Å². The monoisotopic (exact) mass is 255 g/mol. The molecule has 0 aromatic carbocycles. The number of hydrazine groups is 1. The van der Waals surface area contributed by atoms with Crippen LogP contribution in [0.25, 0.3) is 0 Å². The molecule has 2 aliphatic rings. The summed E-state index contributed by atoms with van der Waals surface area (Å²) in [6.45, 7) is 4.42. The lowest BCUT2D eigenvalue weighted by Gasteiger charge is -2.35. The van der Waals surface area contributed by atoms with Gasteiger partial charge < -0.3 is 10.5 Å². The van der Waals surface area contributed by atoms with Gasteiger partial charge in [0.2, 0.25) is 0 Å². The third-order valence-corrected chi connectivity index (χ3v) is 4.33. The third-order valence-electron chi connectivity index (χ3n) is 4.33. The number of rotatable bonds is 4. The summed E-state index contributed by atoms with van der Waals surface area (Å²) in [5.74, 6) is 0.762. The van der Waals surface area contributed by atoms with Gasteiger partial charge in [-0.25, -0.2) is 5.01 Å². The lowest BCUT2D eigenvalue weighted by molar-refractivity contribution is -0.00249. The topological polar surface area (TPSA) is 50.5 Å².